The van der Waals surface area contributed by atoms with Gasteiger partial charge < -0.3 is 10.2 Å². The van der Waals surface area contributed by atoms with E-state index in [1.54, 1.807) is 0 Å². The monoisotopic (exact) mass is 268 g/mol. The highest BCUT2D eigenvalue weighted by Crippen LogP contribution is 2.28. The molecule has 18 heavy (non-hydrogen) atoms. The van der Waals surface area contributed by atoms with Crippen molar-refractivity contribution in [1.29, 1.82) is 0 Å². The molecule has 0 spiro atoms. The summed E-state index contributed by atoms with van der Waals surface area (Å²) >= 11 is 6.12. The molecule has 1 aliphatic carbocycles. The molecule has 0 amide bonds. The van der Waals surface area contributed by atoms with Gasteiger partial charge in [0.25, 0.3) is 0 Å². The van der Waals surface area contributed by atoms with E-state index in [0.717, 1.165) is 30.5 Å². The smallest absolute Gasteiger partial charge is 0.138 e. The Morgan fingerprint density at radius 1 is 1.44 bits per heavy atom. The highest BCUT2D eigenvalue weighted by Gasteiger charge is 2.25. The van der Waals surface area contributed by atoms with Crippen LogP contribution in [0.15, 0.2) is 6.33 Å². The van der Waals surface area contributed by atoms with Gasteiger partial charge in [-0.3, -0.25) is 0 Å². The molecular formula is C13H21ClN4. The molecule has 0 aromatic carbocycles. The molecule has 0 unspecified atom stereocenters. The molecule has 0 bridgehead atoms. The number of rotatable bonds is 6. The van der Waals surface area contributed by atoms with Crippen LogP contribution in [-0.2, 0) is 0 Å². The molecule has 1 aliphatic rings. The predicted molar refractivity (Wildman–Crippen MR) is 75.3 cm³/mol. The summed E-state index contributed by atoms with van der Waals surface area (Å²) in [6.45, 7) is 6.13. The minimum atomic E-state index is 0.322. The van der Waals surface area contributed by atoms with Crippen LogP contribution < -0.4 is 5.32 Å². The van der Waals surface area contributed by atoms with E-state index >= 15 is 0 Å². The van der Waals surface area contributed by atoms with Crippen molar-refractivity contribution in [2.45, 2.75) is 38.6 Å². The Morgan fingerprint density at radius 3 is 2.78 bits per heavy atom. The van der Waals surface area contributed by atoms with Crippen molar-refractivity contribution in [3.63, 3.8) is 0 Å². The number of hydrogen-bond donors (Lipinski definition) is 1. The second kappa shape index (κ2) is 5.85. The highest BCUT2D eigenvalue weighted by atomic mass is 35.5. The molecule has 0 radical (unpaired) electrons. The Balaban J connectivity index is 1.93. The standard InChI is InChI=1S/C13H21ClN4/c1-9(2)11-12(14)16-8-17-13(11)15-6-7-18(3)10-4-5-10/h8-10H,4-7H2,1-3H3,(H,15,16,17). The quantitative estimate of drug-likeness (QED) is 0.806. The van der Waals surface area contributed by atoms with Crippen LogP contribution in [0, 0.1) is 0 Å². The van der Waals surface area contributed by atoms with E-state index in [1.165, 1.54) is 19.2 Å². The summed E-state index contributed by atoms with van der Waals surface area (Å²) in [6, 6.07) is 0.797. The van der Waals surface area contributed by atoms with Gasteiger partial charge in [0.1, 0.15) is 17.3 Å². The van der Waals surface area contributed by atoms with Gasteiger partial charge in [-0.2, -0.15) is 0 Å². The van der Waals surface area contributed by atoms with Crippen LogP contribution in [-0.4, -0.2) is 41.0 Å². The summed E-state index contributed by atoms with van der Waals surface area (Å²) in [5.41, 5.74) is 1.01. The summed E-state index contributed by atoms with van der Waals surface area (Å²) in [5.74, 6) is 1.19. The van der Waals surface area contributed by atoms with Crippen LogP contribution in [0.1, 0.15) is 38.2 Å². The average Bonchev–Trinajstić information content (AvgIpc) is 3.12. The zero-order valence-electron chi connectivity index (χ0n) is 11.3. The van der Waals surface area contributed by atoms with Gasteiger partial charge >= 0.3 is 0 Å². The maximum atomic E-state index is 6.12. The maximum Gasteiger partial charge on any atom is 0.138 e. The SMILES string of the molecule is CC(C)c1c(Cl)ncnc1NCCN(C)C1CC1. The molecule has 2 rings (SSSR count). The van der Waals surface area contributed by atoms with Crippen LogP contribution in [0.3, 0.4) is 0 Å². The molecule has 0 saturated heterocycles. The van der Waals surface area contributed by atoms with E-state index in [0.29, 0.717) is 11.1 Å². The van der Waals surface area contributed by atoms with Crippen LogP contribution in [0.2, 0.25) is 5.15 Å². The highest BCUT2D eigenvalue weighted by molar-refractivity contribution is 6.30. The third kappa shape index (κ3) is 3.33. The molecule has 1 aromatic heterocycles. The number of nitrogens with zero attached hydrogens (tertiary/aromatic N) is 3. The number of halogens is 1. The minimum absolute atomic E-state index is 0.322. The van der Waals surface area contributed by atoms with Crippen molar-refractivity contribution in [2.24, 2.45) is 0 Å². The zero-order chi connectivity index (χ0) is 13.1. The number of likely N-dealkylation sites (N-methyl/N-ethyl adjacent to an activating group) is 1. The van der Waals surface area contributed by atoms with Gasteiger partial charge in [-0.05, 0) is 25.8 Å². The van der Waals surface area contributed by atoms with Crippen molar-refractivity contribution in [1.82, 2.24) is 14.9 Å². The van der Waals surface area contributed by atoms with E-state index in [4.69, 9.17) is 11.6 Å². The van der Waals surface area contributed by atoms with E-state index in [9.17, 15) is 0 Å². The second-order valence-electron chi connectivity index (χ2n) is 5.22. The summed E-state index contributed by atoms with van der Waals surface area (Å²) in [6.07, 6.45) is 4.20. The fraction of sp³-hybridized carbons (Fsp3) is 0.692. The molecule has 4 nitrogen and oxygen atoms in total. The average molecular weight is 269 g/mol. The van der Waals surface area contributed by atoms with Gasteiger partial charge in [-0.15, -0.1) is 0 Å². The number of nitrogens with one attached hydrogen (secondary N) is 1. The fourth-order valence-electron chi connectivity index (χ4n) is 2.08. The maximum absolute atomic E-state index is 6.12. The molecule has 0 aliphatic heterocycles. The lowest BCUT2D eigenvalue weighted by atomic mass is 10.1. The Labute approximate surface area is 114 Å². The third-order valence-electron chi connectivity index (χ3n) is 3.34. The first-order valence-electron chi connectivity index (χ1n) is 6.54. The zero-order valence-corrected chi connectivity index (χ0v) is 12.0. The van der Waals surface area contributed by atoms with E-state index < -0.39 is 0 Å². The Hall–Kier alpha value is -0.870. The molecule has 1 fully saturated rings. The summed E-state index contributed by atoms with van der Waals surface area (Å²) in [7, 11) is 2.18. The van der Waals surface area contributed by atoms with Gasteiger partial charge in [-0.1, -0.05) is 25.4 Å². The van der Waals surface area contributed by atoms with E-state index in [2.05, 4.69) is 41.1 Å². The topological polar surface area (TPSA) is 41.1 Å². The van der Waals surface area contributed by atoms with Gasteiger partial charge in [0.2, 0.25) is 0 Å². The largest absolute Gasteiger partial charge is 0.368 e. The Bertz CT molecular complexity index is 404. The van der Waals surface area contributed by atoms with Crippen molar-refractivity contribution in [3.05, 3.63) is 17.0 Å². The van der Waals surface area contributed by atoms with Crippen LogP contribution in [0.4, 0.5) is 5.82 Å². The normalized spacial score (nSPS) is 15.4. The first-order chi connectivity index (χ1) is 8.59. The van der Waals surface area contributed by atoms with Gasteiger partial charge in [0.05, 0.1) is 0 Å². The van der Waals surface area contributed by atoms with Crippen LogP contribution in [0.25, 0.3) is 0 Å². The molecule has 0 atom stereocenters. The summed E-state index contributed by atoms with van der Waals surface area (Å²) < 4.78 is 0. The summed E-state index contributed by atoms with van der Waals surface area (Å²) in [4.78, 5) is 10.7. The summed E-state index contributed by atoms with van der Waals surface area (Å²) in [5, 5.41) is 3.93. The van der Waals surface area contributed by atoms with Gasteiger partial charge in [0.15, 0.2) is 0 Å². The fourth-order valence-corrected chi connectivity index (χ4v) is 2.43. The van der Waals surface area contributed by atoms with Crippen LogP contribution >= 0.6 is 11.6 Å². The van der Waals surface area contributed by atoms with Crippen molar-refractivity contribution in [3.8, 4) is 0 Å². The third-order valence-corrected chi connectivity index (χ3v) is 3.64. The van der Waals surface area contributed by atoms with E-state index in [-0.39, 0.29) is 0 Å². The molecule has 100 valence electrons. The van der Waals surface area contributed by atoms with Crippen LogP contribution in [0.5, 0.6) is 0 Å². The molecule has 1 heterocycles. The van der Waals surface area contributed by atoms with Crippen molar-refractivity contribution in [2.75, 3.05) is 25.5 Å². The lowest BCUT2D eigenvalue weighted by molar-refractivity contribution is 0.337. The minimum Gasteiger partial charge on any atom is -0.368 e. The first kappa shape index (κ1) is 13.6. The molecule has 1 N–H and O–H groups in total. The Kier molecular flexibility index (Phi) is 4.40. The molecule has 1 saturated carbocycles. The number of aromatic nitrogens is 2. The lowest BCUT2D eigenvalue weighted by Gasteiger charge is -2.18. The second-order valence-corrected chi connectivity index (χ2v) is 5.58. The number of hydrogen-bond acceptors (Lipinski definition) is 4. The predicted octanol–water partition coefficient (Wildman–Crippen LogP) is 2.76. The molecule has 5 heteroatoms. The molecule has 1 aromatic rings. The lowest BCUT2D eigenvalue weighted by Crippen LogP contribution is -2.27. The molecular weight excluding hydrogens is 248 g/mol. The van der Waals surface area contributed by atoms with Crippen molar-refractivity contribution < 1.29 is 0 Å². The van der Waals surface area contributed by atoms with Crippen molar-refractivity contribution >= 4 is 17.4 Å². The first-order valence-corrected chi connectivity index (χ1v) is 6.92. The van der Waals surface area contributed by atoms with E-state index in [1.807, 2.05) is 0 Å². The van der Waals surface area contributed by atoms with Gasteiger partial charge in [0, 0.05) is 24.7 Å². The van der Waals surface area contributed by atoms with Gasteiger partial charge in [-0.25, -0.2) is 9.97 Å². The number of anilines is 1. The Morgan fingerprint density at radius 2 is 2.17 bits per heavy atom.